The minimum atomic E-state index is 0.0273. The molecule has 0 spiro atoms. The number of carbonyl (C=O) groups excluding carboxylic acids is 1. The fraction of sp³-hybridized carbons (Fsp3) is 0.231. The Labute approximate surface area is 115 Å². The van der Waals surface area contributed by atoms with Gasteiger partial charge in [-0.25, -0.2) is 4.98 Å². The predicted octanol–water partition coefficient (Wildman–Crippen LogP) is 3.32. The van der Waals surface area contributed by atoms with Crippen LogP contribution in [0.4, 0.5) is 5.69 Å². The largest absolute Gasteiger partial charge is 0.325 e. The fourth-order valence-corrected chi connectivity index (χ4v) is 3.10. The lowest BCUT2D eigenvalue weighted by Crippen LogP contribution is -2.13. The van der Waals surface area contributed by atoms with Gasteiger partial charge in [0.1, 0.15) is 5.01 Å². The van der Waals surface area contributed by atoms with Crippen molar-refractivity contribution in [1.29, 1.82) is 0 Å². The van der Waals surface area contributed by atoms with Crippen molar-refractivity contribution in [2.75, 3.05) is 11.1 Å². The molecule has 1 N–H and O–H groups in total. The van der Waals surface area contributed by atoms with Crippen LogP contribution in [0.15, 0.2) is 35.7 Å². The summed E-state index contributed by atoms with van der Waals surface area (Å²) < 4.78 is 0. The van der Waals surface area contributed by atoms with E-state index >= 15 is 0 Å². The number of nitrogens with one attached hydrogen (secondary N) is 1. The lowest BCUT2D eigenvalue weighted by molar-refractivity contribution is -0.113. The molecular formula is C13H14N2OS2. The number of nitrogens with zero attached hydrogens (tertiary/aromatic N) is 1. The van der Waals surface area contributed by atoms with E-state index < -0.39 is 0 Å². The van der Waals surface area contributed by atoms with Crippen LogP contribution in [0, 0.1) is 6.92 Å². The Morgan fingerprint density at radius 1 is 1.39 bits per heavy atom. The number of thioether (sulfide) groups is 1. The number of thiazole rings is 1. The maximum absolute atomic E-state index is 11.7. The Bertz CT molecular complexity index is 511. The molecule has 1 amide bonds. The molecule has 0 saturated heterocycles. The normalized spacial score (nSPS) is 10.3. The van der Waals surface area contributed by atoms with Crippen LogP contribution >= 0.6 is 23.1 Å². The molecule has 3 nitrogen and oxygen atoms in total. The van der Waals surface area contributed by atoms with E-state index in [1.807, 2.05) is 42.6 Å². The van der Waals surface area contributed by atoms with Gasteiger partial charge in [0.05, 0.1) is 5.75 Å². The van der Waals surface area contributed by atoms with Gasteiger partial charge in [0.15, 0.2) is 0 Å². The number of anilines is 1. The molecule has 0 aliphatic rings. The molecule has 0 radical (unpaired) electrons. The van der Waals surface area contributed by atoms with Gasteiger partial charge in [-0.2, -0.15) is 0 Å². The quantitative estimate of drug-likeness (QED) is 0.912. The highest BCUT2D eigenvalue weighted by Crippen LogP contribution is 2.16. The molecule has 0 bridgehead atoms. The summed E-state index contributed by atoms with van der Waals surface area (Å²) in [5.41, 5.74) is 1.89. The first kappa shape index (κ1) is 13.1. The van der Waals surface area contributed by atoms with Crippen molar-refractivity contribution in [1.82, 2.24) is 4.98 Å². The summed E-state index contributed by atoms with van der Waals surface area (Å²) in [7, 11) is 0. The van der Waals surface area contributed by atoms with Crippen molar-refractivity contribution >= 4 is 34.7 Å². The predicted molar refractivity (Wildman–Crippen MR) is 78.1 cm³/mol. The van der Waals surface area contributed by atoms with Crippen molar-refractivity contribution in [2.24, 2.45) is 0 Å². The second-order valence-corrected chi connectivity index (χ2v) is 5.72. The molecule has 0 fully saturated rings. The third kappa shape index (κ3) is 4.16. The Morgan fingerprint density at radius 3 is 2.83 bits per heavy atom. The van der Waals surface area contributed by atoms with Crippen molar-refractivity contribution in [2.45, 2.75) is 12.7 Å². The zero-order valence-electron chi connectivity index (χ0n) is 10.1. The van der Waals surface area contributed by atoms with Gasteiger partial charge in [0, 0.05) is 22.5 Å². The fourth-order valence-electron chi connectivity index (χ4n) is 1.42. The molecule has 0 unspecified atom stereocenters. The van der Waals surface area contributed by atoms with Gasteiger partial charge in [-0.3, -0.25) is 4.79 Å². The van der Waals surface area contributed by atoms with Crippen LogP contribution in [0.25, 0.3) is 0 Å². The molecule has 1 aromatic carbocycles. The SMILES string of the molecule is Cc1csc(CSCC(=O)Nc2ccccc2)n1. The summed E-state index contributed by atoms with van der Waals surface area (Å²) >= 11 is 3.22. The number of hydrogen-bond donors (Lipinski definition) is 1. The van der Waals surface area contributed by atoms with E-state index in [0.29, 0.717) is 5.75 Å². The van der Waals surface area contributed by atoms with E-state index in [-0.39, 0.29) is 5.91 Å². The summed E-state index contributed by atoms with van der Waals surface area (Å²) in [5, 5.41) is 5.96. The second-order valence-electron chi connectivity index (χ2n) is 3.79. The molecule has 18 heavy (non-hydrogen) atoms. The van der Waals surface area contributed by atoms with Crippen LogP contribution in [-0.4, -0.2) is 16.6 Å². The molecule has 0 saturated carbocycles. The maximum atomic E-state index is 11.7. The number of carbonyl (C=O) groups is 1. The molecule has 2 rings (SSSR count). The van der Waals surface area contributed by atoms with Gasteiger partial charge in [0.25, 0.3) is 0 Å². The Hall–Kier alpha value is -1.33. The lowest BCUT2D eigenvalue weighted by atomic mass is 10.3. The summed E-state index contributed by atoms with van der Waals surface area (Å²) in [6, 6.07) is 9.50. The molecule has 94 valence electrons. The molecule has 1 aromatic heterocycles. The molecular weight excluding hydrogens is 264 g/mol. The topological polar surface area (TPSA) is 42.0 Å². The molecule has 0 aliphatic carbocycles. The van der Waals surface area contributed by atoms with E-state index in [9.17, 15) is 4.79 Å². The summed E-state index contributed by atoms with van der Waals surface area (Å²) in [6.07, 6.45) is 0. The Balaban J connectivity index is 1.72. The van der Waals surface area contributed by atoms with Crippen LogP contribution < -0.4 is 5.32 Å². The summed E-state index contributed by atoms with van der Waals surface area (Å²) in [6.45, 7) is 1.98. The molecule has 5 heteroatoms. The average Bonchev–Trinajstić information content (AvgIpc) is 2.76. The first-order valence-corrected chi connectivity index (χ1v) is 7.61. The van der Waals surface area contributed by atoms with E-state index in [4.69, 9.17) is 0 Å². The van der Waals surface area contributed by atoms with Gasteiger partial charge in [-0.1, -0.05) is 18.2 Å². The van der Waals surface area contributed by atoms with Crippen LogP contribution in [0.2, 0.25) is 0 Å². The van der Waals surface area contributed by atoms with Crippen LogP contribution in [-0.2, 0) is 10.5 Å². The Morgan fingerprint density at radius 2 is 2.17 bits per heavy atom. The van der Waals surface area contributed by atoms with Gasteiger partial charge in [-0.15, -0.1) is 23.1 Å². The zero-order chi connectivity index (χ0) is 12.8. The minimum absolute atomic E-state index is 0.0273. The first-order chi connectivity index (χ1) is 8.74. The second kappa shape index (κ2) is 6.56. The molecule has 2 aromatic rings. The molecule has 1 heterocycles. The average molecular weight is 278 g/mol. The van der Waals surface area contributed by atoms with Gasteiger partial charge in [0.2, 0.25) is 5.91 Å². The number of hydrogen-bond acceptors (Lipinski definition) is 4. The smallest absolute Gasteiger partial charge is 0.234 e. The van der Waals surface area contributed by atoms with Gasteiger partial charge < -0.3 is 5.32 Å². The Kier molecular flexibility index (Phi) is 4.78. The van der Waals surface area contributed by atoms with Crippen LogP contribution in [0.5, 0.6) is 0 Å². The van der Waals surface area contributed by atoms with E-state index in [1.54, 1.807) is 23.1 Å². The highest BCUT2D eigenvalue weighted by atomic mass is 32.2. The number of para-hydroxylation sites is 1. The van der Waals surface area contributed by atoms with Crippen LogP contribution in [0.1, 0.15) is 10.7 Å². The number of aryl methyl sites for hydroxylation is 1. The lowest BCUT2D eigenvalue weighted by Gasteiger charge is -2.03. The summed E-state index contributed by atoms with van der Waals surface area (Å²) in [5.74, 6) is 1.27. The number of aromatic nitrogens is 1. The van der Waals surface area contributed by atoms with Crippen LogP contribution in [0.3, 0.4) is 0 Å². The number of benzene rings is 1. The van der Waals surface area contributed by atoms with Crippen molar-refractivity contribution in [3.05, 3.63) is 46.4 Å². The van der Waals surface area contributed by atoms with Gasteiger partial charge >= 0.3 is 0 Å². The maximum Gasteiger partial charge on any atom is 0.234 e. The number of rotatable bonds is 5. The first-order valence-electron chi connectivity index (χ1n) is 5.57. The molecule has 0 aliphatic heterocycles. The van der Waals surface area contributed by atoms with E-state index in [0.717, 1.165) is 22.1 Å². The van der Waals surface area contributed by atoms with Gasteiger partial charge in [-0.05, 0) is 19.1 Å². The minimum Gasteiger partial charge on any atom is -0.325 e. The number of amides is 1. The van der Waals surface area contributed by atoms with Crippen molar-refractivity contribution < 1.29 is 4.79 Å². The highest BCUT2D eigenvalue weighted by Gasteiger charge is 2.04. The van der Waals surface area contributed by atoms with E-state index in [2.05, 4.69) is 10.3 Å². The van der Waals surface area contributed by atoms with Crippen molar-refractivity contribution in [3.8, 4) is 0 Å². The zero-order valence-corrected chi connectivity index (χ0v) is 11.7. The highest BCUT2D eigenvalue weighted by molar-refractivity contribution is 7.99. The standard InChI is InChI=1S/C13H14N2OS2/c1-10-7-18-13(14-10)9-17-8-12(16)15-11-5-3-2-4-6-11/h2-7H,8-9H2,1H3,(H,15,16). The monoisotopic (exact) mass is 278 g/mol. The summed E-state index contributed by atoms with van der Waals surface area (Å²) in [4.78, 5) is 16.0. The van der Waals surface area contributed by atoms with Crippen molar-refractivity contribution in [3.63, 3.8) is 0 Å². The molecule has 0 atom stereocenters. The van der Waals surface area contributed by atoms with E-state index in [1.165, 1.54) is 0 Å². The third-order valence-corrected chi connectivity index (χ3v) is 4.28. The third-order valence-electron chi connectivity index (χ3n) is 2.18.